The fourth-order valence-electron chi connectivity index (χ4n) is 1.59. The van der Waals surface area contributed by atoms with E-state index in [9.17, 15) is 9.59 Å². The first-order valence-corrected chi connectivity index (χ1v) is 5.72. The number of nitrogens with one attached hydrogen (secondary N) is 1. The van der Waals surface area contributed by atoms with Gasteiger partial charge in [-0.15, -0.1) is 0 Å². The van der Waals surface area contributed by atoms with Crippen molar-refractivity contribution in [2.24, 2.45) is 7.05 Å². The summed E-state index contributed by atoms with van der Waals surface area (Å²) in [5, 5.41) is 2.78. The highest BCUT2D eigenvalue weighted by Crippen LogP contribution is 2.11. The van der Waals surface area contributed by atoms with E-state index in [4.69, 9.17) is 0 Å². The summed E-state index contributed by atoms with van der Waals surface area (Å²) in [5.74, 6) is -0.364. The zero-order chi connectivity index (χ0) is 12.6. The van der Waals surface area contributed by atoms with Gasteiger partial charge in [0.05, 0.1) is 0 Å². The topological polar surface area (TPSA) is 67.8 Å². The Kier molecular flexibility index (Phi) is 2.97. The van der Waals surface area contributed by atoms with Crippen LogP contribution in [0.2, 0.25) is 0 Å². The first-order chi connectivity index (χ1) is 8.00. The number of nitrogens with zero attached hydrogens (tertiary/aromatic N) is 2. The second kappa shape index (κ2) is 4.29. The summed E-state index contributed by atoms with van der Waals surface area (Å²) < 4.78 is 2.06. The summed E-state index contributed by atoms with van der Waals surface area (Å²) in [7, 11) is 1.57. The third-order valence-corrected chi connectivity index (χ3v) is 2.89. The first kappa shape index (κ1) is 11.8. The average Bonchev–Trinajstić information content (AvgIpc) is 2.53. The van der Waals surface area contributed by atoms with Gasteiger partial charge in [0, 0.05) is 23.4 Å². The monoisotopic (exact) mass is 295 g/mol. The highest BCUT2D eigenvalue weighted by atomic mass is 79.9. The molecule has 0 unspecified atom stereocenters. The minimum atomic E-state index is -0.364. The van der Waals surface area contributed by atoms with Gasteiger partial charge in [-0.25, -0.2) is 0 Å². The number of H-pyrrole nitrogens is 1. The van der Waals surface area contributed by atoms with Gasteiger partial charge < -0.3 is 0 Å². The lowest BCUT2D eigenvalue weighted by Gasteiger charge is -1.97. The molecule has 0 aliphatic rings. The van der Waals surface area contributed by atoms with E-state index in [0.717, 1.165) is 4.47 Å². The molecule has 2 aromatic heterocycles. The number of hydrogen-bond donors (Lipinski definition) is 1. The molecular formula is C11H10BrN3O2. The molecule has 0 fully saturated rings. The molecule has 5 nitrogen and oxygen atoms in total. The molecule has 0 radical (unpaired) electrons. The van der Waals surface area contributed by atoms with Gasteiger partial charge in [-0.1, -0.05) is 0 Å². The minimum Gasteiger partial charge on any atom is -0.299 e. The van der Waals surface area contributed by atoms with Crippen molar-refractivity contribution >= 4 is 21.7 Å². The number of hydrogen-bond acceptors (Lipinski definition) is 3. The van der Waals surface area contributed by atoms with Gasteiger partial charge in [-0.2, -0.15) is 0 Å². The normalized spacial score (nSPS) is 10.5. The number of aryl methyl sites for hydroxylation is 2. The van der Waals surface area contributed by atoms with Crippen LogP contribution in [0.1, 0.15) is 21.7 Å². The van der Waals surface area contributed by atoms with Crippen molar-refractivity contribution in [3.05, 3.63) is 50.1 Å². The number of halogens is 1. The van der Waals surface area contributed by atoms with Crippen LogP contribution in [0.25, 0.3) is 0 Å². The van der Waals surface area contributed by atoms with Crippen molar-refractivity contribution in [2.45, 2.75) is 6.92 Å². The predicted molar refractivity (Wildman–Crippen MR) is 66.1 cm³/mol. The van der Waals surface area contributed by atoms with E-state index in [1.165, 1.54) is 10.9 Å². The fraction of sp³-hybridized carbons (Fsp3) is 0.182. The second-order valence-electron chi connectivity index (χ2n) is 3.67. The smallest absolute Gasteiger partial charge is 0.277 e. The average molecular weight is 296 g/mol. The van der Waals surface area contributed by atoms with Crippen LogP contribution in [-0.2, 0) is 7.05 Å². The Morgan fingerprint density at radius 3 is 2.65 bits per heavy atom. The molecule has 0 aliphatic carbocycles. The van der Waals surface area contributed by atoms with Crippen molar-refractivity contribution in [3.8, 4) is 0 Å². The van der Waals surface area contributed by atoms with Gasteiger partial charge in [0.2, 0.25) is 5.78 Å². The quantitative estimate of drug-likeness (QED) is 0.852. The van der Waals surface area contributed by atoms with Gasteiger partial charge in [0.1, 0.15) is 11.3 Å². The minimum absolute atomic E-state index is 0.141. The Bertz CT molecular complexity index is 625. The maximum atomic E-state index is 12.1. The summed E-state index contributed by atoms with van der Waals surface area (Å²) in [4.78, 5) is 27.8. The fourth-order valence-corrected chi connectivity index (χ4v) is 1.83. The van der Waals surface area contributed by atoms with Gasteiger partial charge >= 0.3 is 0 Å². The summed E-state index contributed by atoms with van der Waals surface area (Å²) in [6.45, 7) is 1.69. The number of aromatic amines is 1. The molecule has 2 aromatic rings. The van der Waals surface area contributed by atoms with Gasteiger partial charge in [0.25, 0.3) is 5.56 Å². The molecule has 0 spiro atoms. The van der Waals surface area contributed by atoms with Crippen LogP contribution in [0.3, 0.4) is 0 Å². The molecular weight excluding hydrogens is 286 g/mol. The molecule has 0 bridgehead atoms. The third-order valence-electron chi connectivity index (χ3n) is 2.42. The SMILES string of the molecule is Cc1[nH]n(C)c(=O)c1C(=O)c1ccc(Br)cn1. The van der Waals surface area contributed by atoms with Crippen molar-refractivity contribution < 1.29 is 4.79 Å². The summed E-state index contributed by atoms with van der Waals surface area (Å²) in [6.07, 6.45) is 1.53. The third kappa shape index (κ3) is 2.08. The zero-order valence-electron chi connectivity index (χ0n) is 9.32. The van der Waals surface area contributed by atoms with Crippen LogP contribution in [0.4, 0.5) is 0 Å². The maximum Gasteiger partial charge on any atom is 0.277 e. The lowest BCUT2D eigenvalue weighted by atomic mass is 10.1. The molecule has 88 valence electrons. The highest BCUT2D eigenvalue weighted by Gasteiger charge is 2.19. The van der Waals surface area contributed by atoms with Crippen molar-refractivity contribution in [3.63, 3.8) is 0 Å². The lowest BCUT2D eigenvalue weighted by Crippen LogP contribution is -2.20. The molecule has 0 saturated carbocycles. The van der Waals surface area contributed by atoms with Crippen LogP contribution in [0.15, 0.2) is 27.6 Å². The Balaban J connectivity index is 2.51. The summed E-state index contributed by atoms with van der Waals surface area (Å²) >= 11 is 3.24. The number of aromatic nitrogens is 3. The van der Waals surface area contributed by atoms with Crippen LogP contribution in [0.5, 0.6) is 0 Å². The molecule has 0 saturated heterocycles. The molecule has 1 N–H and O–H groups in total. The van der Waals surface area contributed by atoms with E-state index >= 15 is 0 Å². The molecule has 17 heavy (non-hydrogen) atoms. The number of pyridine rings is 1. The van der Waals surface area contributed by atoms with Crippen molar-refractivity contribution in [1.82, 2.24) is 14.8 Å². The van der Waals surface area contributed by atoms with Gasteiger partial charge in [-0.05, 0) is 35.0 Å². The molecule has 0 atom stereocenters. The largest absolute Gasteiger partial charge is 0.299 e. The first-order valence-electron chi connectivity index (χ1n) is 4.92. The number of rotatable bonds is 2. The number of carbonyl (C=O) groups excluding carboxylic acids is 1. The second-order valence-corrected chi connectivity index (χ2v) is 4.58. The molecule has 0 aromatic carbocycles. The van der Waals surface area contributed by atoms with Crippen molar-refractivity contribution in [1.29, 1.82) is 0 Å². The van der Waals surface area contributed by atoms with Crippen LogP contribution < -0.4 is 5.56 Å². The lowest BCUT2D eigenvalue weighted by molar-refractivity contribution is 0.103. The van der Waals surface area contributed by atoms with E-state index in [-0.39, 0.29) is 22.6 Å². The molecule has 6 heteroatoms. The Labute approximate surface area is 106 Å². The van der Waals surface area contributed by atoms with Crippen molar-refractivity contribution in [2.75, 3.05) is 0 Å². The molecule has 0 amide bonds. The van der Waals surface area contributed by atoms with E-state index < -0.39 is 0 Å². The van der Waals surface area contributed by atoms with Crippen LogP contribution >= 0.6 is 15.9 Å². The zero-order valence-corrected chi connectivity index (χ0v) is 10.9. The van der Waals surface area contributed by atoms with Gasteiger partial charge in [0.15, 0.2) is 0 Å². The highest BCUT2D eigenvalue weighted by molar-refractivity contribution is 9.10. The Hall–Kier alpha value is -1.69. The summed E-state index contributed by atoms with van der Waals surface area (Å²) in [5.41, 5.74) is 0.611. The number of ketones is 1. The van der Waals surface area contributed by atoms with Gasteiger partial charge in [-0.3, -0.25) is 24.4 Å². The Morgan fingerprint density at radius 2 is 2.18 bits per heavy atom. The number of carbonyl (C=O) groups is 1. The molecule has 0 aliphatic heterocycles. The predicted octanol–water partition coefficient (Wildman–Crippen LogP) is 1.41. The van der Waals surface area contributed by atoms with E-state index in [2.05, 4.69) is 26.0 Å². The summed E-state index contributed by atoms with van der Waals surface area (Å²) in [6, 6.07) is 3.30. The van der Waals surface area contributed by atoms with E-state index in [1.54, 1.807) is 26.1 Å². The van der Waals surface area contributed by atoms with Crippen LogP contribution in [-0.4, -0.2) is 20.5 Å². The van der Waals surface area contributed by atoms with E-state index in [1.807, 2.05) is 0 Å². The standard InChI is InChI=1S/C11H10BrN3O2/c1-6-9(11(17)15(2)14-6)10(16)8-4-3-7(12)5-13-8/h3-5,14H,1-2H3. The van der Waals surface area contributed by atoms with Crippen LogP contribution in [0, 0.1) is 6.92 Å². The molecule has 2 heterocycles. The van der Waals surface area contributed by atoms with E-state index in [0.29, 0.717) is 5.69 Å². The maximum absolute atomic E-state index is 12.1. The Morgan fingerprint density at radius 1 is 1.47 bits per heavy atom. The molecule has 2 rings (SSSR count).